The molecule has 0 radical (unpaired) electrons. The second-order valence-corrected chi connectivity index (χ2v) is 6.95. The van der Waals surface area contributed by atoms with Gasteiger partial charge in [-0.25, -0.2) is 0 Å². The molecular weight excluding hydrogens is 314 g/mol. The molecule has 0 aromatic heterocycles. The minimum Gasteiger partial charge on any atom is -0.264 e. The molecule has 0 fully saturated rings. The van der Waals surface area contributed by atoms with E-state index in [2.05, 4.69) is 97.5 Å². The Morgan fingerprint density at radius 1 is 0.808 bits per heavy atom. The predicted octanol–water partition coefficient (Wildman–Crippen LogP) is 6.19. The molecular formula is C25H23N. The lowest BCUT2D eigenvalue weighted by Crippen LogP contribution is -2.12. The molecule has 1 aliphatic carbocycles. The van der Waals surface area contributed by atoms with Crippen molar-refractivity contribution < 1.29 is 0 Å². The predicted molar refractivity (Wildman–Crippen MR) is 111 cm³/mol. The first-order chi connectivity index (χ1) is 12.8. The fraction of sp³-hybridized carbons (Fsp3) is 0.160. The molecule has 0 heterocycles. The van der Waals surface area contributed by atoms with Gasteiger partial charge in [0, 0.05) is 11.5 Å². The van der Waals surface area contributed by atoms with Crippen molar-refractivity contribution in [3.05, 3.63) is 112 Å². The molecule has 0 aliphatic heterocycles. The Hall–Kier alpha value is -2.93. The molecule has 0 saturated heterocycles. The van der Waals surface area contributed by atoms with E-state index in [1.54, 1.807) is 0 Å². The number of allylic oxidation sites excluding steroid dienone is 1. The van der Waals surface area contributed by atoms with Crippen molar-refractivity contribution >= 4 is 12.4 Å². The summed E-state index contributed by atoms with van der Waals surface area (Å²) in [4.78, 5) is 4.50. The number of aliphatic imine (C=N–C) groups is 1. The molecule has 0 amide bonds. The monoisotopic (exact) mass is 337 g/mol. The number of hydrogen-bond acceptors (Lipinski definition) is 1. The maximum absolute atomic E-state index is 4.50. The summed E-state index contributed by atoms with van der Waals surface area (Å²) in [7, 11) is 0. The third-order valence-electron chi connectivity index (χ3n) is 5.26. The minimum atomic E-state index is 0.215. The zero-order chi connectivity index (χ0) is 17.9. The number of rotatable bonds is 4. The first-order valence-corrected chi connectivity index (χ1v) is 9.17. The summed E-state index contributed by atoms with van der Waals surface area (Å²) in [5.74, 6) is 0.215. The topological polar surface area (TPSA) is 12.4 Å². The van der Waals surface area contributed by atoms with E-state index in [0.717, 1.165) is 18.5 Å². The van der Waals surface area contributed by atoms with E-state index in [4.69, 9.17) is 0 Å². The maximum atomic E-state index is 4.50. The number of benzene rings is 3. The van der Waals surface area contributed by atoms with E-state index in [9.17, 15) is 0 Å². The van der Waals surface area contributed by atoms with Gasteiger partial charge < -0.3 is 0 Å². The van der Waals surface area contributed by atoms with E-state index < -0.39 is 0 Å². The summed E-state index contributed by atoms with van der Waals surface area (Å²) in [6, 6.07) is 28.2. The van der Waals surface area contributed by atoms with Crippen molar-refractivity contribution in [3.8, 4) is 0 Å². The fourth-order valence-corrected chi connectivity index (χ4v) is 4.07. The van der Waals surface area contributed by atoms with Gasteiger partial charge in [-0.3, -0.25) is 4.99 Å². The standard InChI is InChI=1S/C25H23N/c1-18-13-15-22-21(17-18)14-16-23(25(22)26-2)24(19-9-5-3-6-10-19)20-11-7-4-8-12-20/h3-13,15,17,24H,2,14,16H2,1H3. The molecule has 0 atom stereocenters. The van der Waals surface area contributed by atoms with Crippen molar-refractivity contribution in [1.82, 2.24) is 0 Å². The van der Waals surface area contributed by atoms with Crippen LogP contribution in [0.5, 0.6) is 0 Å². The summed E-state index contributed by atoms with van der Waals surface area (Å²) in [5, 5.41) is 0. The third kappa shape index (κ3) is 3.01. The number of aryl methyl sites for hydroxylation is 2. The van der Waals surface area contributed by atoms with Crippen LogP contribution in [0.15, 0.2) is 89.4 Å². The molecule has 4 rings (SSSR count). The first kappa shape index (κ1) is 16.5. The highest BCUT2D eigenvalue weighted by Gasteiger charge is 2.26. The molecule has 0 unspecified atom stereocenters. The smallest absolute Gasteiger partial charge is 0.0699 e. The highest BCUT2D eigenvalue weighted by Crippen LogP contribution is 2.42. The summed E-state index contributed by atoms with van der Waals surface area (Å²) >= 11 is 0. The van der Waals surface area contributed by atoms with Gasteiger partial charge in [0.15, 0.2) is 0 Å². The third-order valence-corrected chi connectivity index (χ3v) is 5.26. The van der Waals surface area contributed by atoms with Crippen LogP contribution in [-0.2, 0) is 6.42 Å². The second-order valence-electron chi connectivity index (χ2n) is 6.95. The van der Waals surface area contributed by atoms with Gasteiger partial charge >= 0.3 is 0 Å². The molecule has 128 valence electrons. The number of nitrogens with zero attached hydrogens (tertiary/aromatic N) is 1. The van der Waals surface area contributed by atoms with Gasteiger partial charge in [-0.2, -0.15) is 0 Å². The summed E-state index contributed by atoms with van der Waals surface area (Å²) in [6.45, 7) is 6.07. The Morgan fingerprint density at radius 2 is 1.42 bits per heavy atom. The quantitative estimate of drug-likeness (QED) is 0.504. The molecule has 1 heteroatoms. The largest absolute Gasteiger partial charge is 0.264 e. The highest BCUT2D eigenvalue weighted by atomic mass is 14.7. The zero-order valence-electron chi connectivity index (χ0n) is 15.2. The van der Waals surface area contributed by atoms with Crippen LogP contribution in [0.1, 0.15) is 40.2 Å². The van der Waals surface area contributed by atoms with Crippen LogP contribution in [0.25, 0.3) is 5.70 Å². The van der Waals surface area contributed by atoms with Crippen molar-refractivity contribution in [2.75, 3.05) is 0 Å². The van der Waals surface area contributed by atoms with Crippen LogP contribution in [-0.4, -0.2) is 6.72 Å². The minimum absolute atomic E-state index is 0.215. The average molecular weight is 337 g/mol. The maximum Gasteiger partial charge on any atom is 0.0699 e. The van der Waals surface area contributed by atoms with Gasteiger partial charge in [0.1, 0.15) is 0 Å². The van der Waals surface area contributed by atoms with Gasteiger partial charge in [-0.05, 0) is 48.7 Å². The lowest BCUT2D eigenvalue weighted by atomic mass is 9.77. The first-order valence-electron chi connectivity index (χ1n) is 9.17. The molecule has 0 bridgehead atoms. The van der Waals surface area contributed by atoms with Gasteiger partial charge in [-0.15, -0.1) is 0 Å². The molecule has 1 aliphatic rings. The van der Waals surface area contributed by atoms with Crippen molar-refractivity contribution in [3.63, 3.8) is 0 Å². The summed E-state index contributed by atoms with van der Waals surface area (Å²) in [6.07, 6.45) is 2.07. The Kier molecular flexibility index (Phi) is 4.53. The van der Waals surface area contributed by atoms with Crippen molar-refractivity contribution in [2.45, 2.75) is 25.7 Å². The van der Waals surface area contributed by atoms with Crippen molar-refractivity contribution in [2.24, 2.45) is 4.99 Å². The van der Waals surface area contributed by atoms with Crippen LogP contribution in [0.2, 0.25) is 0 Å². The van der Waals surface area contributed by atoms with Gasteiger partial charge in [-0.1, -0.05) is 84.4 Å². The Morgan fingerprint density at radius 3 is 2.00 bits per heavy atom. The molecule has 1 nitrogen and oxygen atoms in total. The van der Waals surface area contributed by atoms with Gasteiger partial charge in [0.2, 0.25) is 0 Å². The van der Waals surface area contributed by atoms with E-state index in [1.165, 1.54) is 33.4 Å². The SMILES string of the molecule is C=NC1=C(C(c2ccccc2)c2ccccc2)CCc2cc(C)ccc21. The average Bonchev–Trinajstić information content (AvgIpc) is 2.69. The van der Waals surface area contributed by atoms with E-state index in [0.29, 0.717) is 0 Å². The highest BCUT2D eigenvalue weighted by molar-refractivity contribution is 5.77. The van der Waals surface area contributed by atoms with Crippen molar-refractivity contribution in [1.29, 1.82) is 0 Å². The normalized spacial score (nSPS) is 13.6. The van der Waals surface area contributed by atoms with Gasteiger partial charge in [0.05, 0.1) is 5.70 Å². The van der Waals surface area contributed by atoms with Crippen LogP contribution in [0, 0.1) is 6.92 Å². The number of hydrogen-bond donors (Lipinski definition) is 0. The Bertz CT molecular complexity index is 912. The lowest BCUT2D eigenvalue weighted by molar-refractivity contribution is 0.810. The second kappa shape index (κ2) is 7.13. The molecule has 0 spiro atoms. The van der Waals surface area contributed by atoms with E-state index in [-0.39, 0.29) is 5.92 Å². The van der Waals surface area contributed by atoms with Crippen LogP contribution in [0.4, 0.5) is 0 Å². The van der Waals surface area contributed by atoms with Crippen LogP contribution in [0.3, 0.4) is 0 Å². The summed E-state index contributed by atoms with van der Waals surface area (Å²) in [5.41, 5.74) is 8.98. The van der Waals surface area contributed by atoms with Crippen LogP contribution >= 0.6 is 0 Å². The molecule has 0 saturated carbocycles. The fourth-order valence-electron chi connectivity index (χ4n) is 4.07. The Balaban J connectivity index is 1.93. The molecule has 0 N–H and O–H groups in total. The van der Waals surface area contributed by atoms with E-state index >= 15 is 0 Å². The van der Waals surface area contributed by atoms with E-state index in [1.807, 2.05) is 0 Å². The Labute approximate surface area is 155 Å². The number of fused-ring (bicyclic) bond motifs is 1. The lowest BCUT2D eigenvalue weighted by Gasteiger charge is -2.28. The molecule has 3 aromatic carbocycles. The van der Waals surface area contributed by atoms with Crippen LogP contribution < -0.4 is 0 Å². The summed E-state index contributed by atoms with van der Waals surface area (Å²) < 4.78 is 0. The molecule has 3 aromatic rings. The zero-order valence-corrected chi connectivity index (χ0v) is 15.2. The van der Waals surface area contributed by atoms with Gasteiger partial charge in [0.25, 0.3) is 0 Å². The molecule has 26 heavy (non-hydrogen) atoms.